The van der Waals surface area contributed by atoms with Crippen molar-refractivity contribution in [3.05, 3.63) is 29.8 Å². The molecule has 0 aliphatic carbocycles. The van der Waals surface area contributed by atoms with E-state index in [2.05, 4.69) is 24.4 Å². The SMILES string of the molecule is CCCCCc1ccc(NC(=O)C(N)C(C)C)cc1. The number of aryl methyl sites for hydroxylation is 1. The van der Waals surface area contributed by atoms with Gasteiger partial charge in [-0.1, -0.05) is 45.7 Å². The van der Waals surface area contributed by atoms with Gasteiger partial charge < -0.3 is 11.1 Å². The molecule has 0 aliphatic heterocycles. The van der Waals surface area contributed by atoms with Crippen molar-refractivity contribution in [1.29, 1.82) is 0 Å². The molecule has 1 atom stereocenters. The Kier molecular flexibility index (Phi) is 6.57. The summed E-state index contributed by atoms with van der Waals surface area (Å²) in [6, 6.07) is 7.60. The van der Waals surface area contributed by atoms with Crippen LogP contribution in [0.3, 0.4) is 0 Å². The number of carbonyl (C=O) groups excluding carboxylic acids is 1. The van der Waals surface area contributed by atoms with Crippen LogP contribution in [0.4, 0.5) is 5.69 Å². The summed E-state index contributed by atoms with van der Waals surface area (Å²) in [5.74, 6) is 0.0297. The van der Waals surface area contributed by atoms with Crippen LogP contribution in [0.2, 0.25) is 0 Å². The largest absolute Gasteiger partial charge is 0.325 e. The summed E-state index contributed by atoms with van der Waals surface area (Å²) in [4.78, 5) is 11.8. The molecule has 0 bridgehead atoms. The van der Waals surface area contributed by atoms with Gasteiger partial charge in [-0.25, -0.2) is 0 Å². The number of nitrogens with one attached hydrogen (secondary N) is 1. The van der Waals surface area contributed by atoms with Crippen molar-refractivity contribution in [3.8, 4) is 0 Å². The molecule has 3 heteroatoms. The summed E-state index contributed by atoms with van der Waals surface area (Å²) in [5.41, 5.74) is 7.95. The number of hydrogen-bond donors (Lipinski definition) is 2. The first-order chi connectivity index (χ1) is 9.04. The molecular weight excluding hydrogens is 236 g/mol. The summed E-state index contributed by atoms with van der Waals surface area (Å²) in [6.07, 6.45) is 4.83. The van der Waals surface area contributed by atoms with Gasteiger partial charge in [0.25, 0.3) is 0 Å². The van der Waals surface area contributed by atoms with Gasteiger partial charge in [0.2, 0.25) is 5.91 Å². The van der Waals surface area contributed by atoms with Crippen LogP contribution in [-0.4, -0.2) is 11.9 Å². The van der Waals surface area contributed by atoms with E-state index in [4.69, 9.17) is 5.73 Å². The molecule has 3 N–H and O–H groups in total. The summed E-state index contributed by atoms with van der Waals surface area (Å²) in [5, 5.41) is 2.85. The fourth-order valence-corrected chi connectivity index (χ4v) is 1.86. The maximum atomic E-state index is 11.8. The molecule has 0 radical (unpaired) electrons. The van der Waals surface area contributed by atoms with Crippen LogP contribution in [-0.2, 0) is 11.2 Å². The van der Waals surface area contributed by atoms with Crippen molar-refractivity contribution in [2.75, 3.05) is 5.32 Å². The molecule has 1 aromatic carbocycles. The Hall–Kier alpha value is -1.35. The Labute approximate surface area is 116 Å². The molecule has 1 amide bonds. The van der Waals surface area contributed by atoms with Gasteiger partial charge in [-0.15, -0.1) is 0 Å². The number of rotatable bonds is 7. The zero-order valence-corrected chi connectivity index (χ0v) is 12.3. The van der Waals surface area contributed by atoms with Crippen molar-refractivity contribution >= 4 is 11.6 Å². The third kappa shape index (κ3) is 5.43. The molecule has 0 aromatic heterocycles. The quantitative estimate of drug-likeness (QED) is 0.740. The molecule has 19 heavy (non-hydrogen) atoms. The van der Waals surface area contributed by atoms with E-state index in [0.29, 0.717) is 0 Å². The second-order valence-electron chi connectivity index (χ2n) is 5.41. The van der Waals surface area contributed by atoms with Gasteiger partial charge in [-0.05, 0) is 36.5 Å². The molecule has 0 aliphatic rings. The van der Waals surface area contributed by atoms with Crippen LogP contribution >= 0.6 is 0 Å². The normalized spacial score (nSPS) is 12.5. The minimum Gasteiger partial charge on any atom is -0.325 e. The fraction of sp³-hybridized carbons (Fsp3) is 0.562. The molecule has 1 rings (SSSR count). The van der Waals surface area contributed by atoms with E-state index in [1.807, 2.05) is 26.0 Å². The molecule has 0 saturated heterocycles. The Morgan fingerprint density at radius 3 is 2.37 bits per heavy atom. The first-order valence-electron chi connectivity index (χ1n) is 7.20. The lowest BCUT2D eigenvalue weighted by Crippen LogP contribution is -2.39. The number of amides is 1. The monoisotopic (exact) mass is 262 g/mol. The molecule has 1 unspecified atom stereocenters. The number of unbranched alkanes of at least 4 members (excludes halogenated alkanes) is 2. The highest BCUT2D eigenvalue weighted by Crippen LogP contribution is 2.13. The summed E-state index contributed by atoms with van der Waals surface area (Å²) in [6.45, 7) is 6.10. The highest BCUT2D eigenvalue weighted by Gasteiger charge is 2.16. The number of hydrogen-bond acceptors (Lipinski definition) is 2. The van der Waals surface area contributed by atoms with Gasteiger partial charge in [-0.2, -0.15) is 0 Å². The van der Waals surface area contributed by atoms with Crippen molar-refractivity contribution in [2.24, 2.45) is 11.7 Å². The molecule has 0 fully saturated rings. The predicted octanol–water partition coefficient (Wildman–Crippen LogP) is 3.34. The van der Waals surface area contributed by atoms with Crippen LogP contribution in [0.15, 0.2) is 24.3 Å². The standard InChI is InChI=1S/C16H26N2O/c1-4-5-6-7-13-8-10-14(11-9-13)18-16(19)15(17)12(2)3/h8-12,15H,4-7,17H2,1-3H3,(H,18,19). The first-order valence-corrected chi connectivity index (χ1v) is 7.20. The molecule has 3 nitrogen and oxygen atoms in total. The second-order valence-corrected chi connectivity index (χ2v) is 5.41. The van der Waals surface area contributed by atoms with Gasteiger partial charge in [0.15, 0.2) is 0 Å². The Balaban J connectivity index is 2.50. The predicted molar refractivity (Wildman–Crippen MR) is 81.1 cm³/mol. The Morgan fingerprint density at radius 2 is 1.84 bits per heavy atom. The second kappa shape index (κ2) is 7.95. The van der Waals surface area contributed by atoms with E-state index < -0.39 is 6.04 Å². The molecule has 1 aromatic rings. The number of carbonyl (C=O) groups is 1. The lowest BCUT2D eigenvalue weighted by Gasteiger charge is -2.15. The topological polar surface area (TPSA) is 55.1 Å². The first kappa shape index (κ1) is 15.7. The van der Waals surface area contributed by atoms with Gasteiger partial charge >= 0.3 is 0 Å². The lowest BCUT2D eigenvalue weighted by molar-refractivity contribution is -0.118. The molecule has 0 saturated carbocycles. The Bertz CT molecular complexity index is 384. The van der Waals surface area contributed by atoms with Crippen LogP contribution in [0.5, 0.6) is 0 Å². The zero-order valence-electron chi connectivity index (χ0n) is 12.3. The van der Waals surface area contributed by atoms with Crippen molar-refractivity contribution in [3.63, 3.8) is 0 Å². The van der Waals surface area contributed by atoms with Gasteiger partial charge in [-0.3, -0.25) is 4.79 Å². The molecular formula is C16H26N2O. The number of anilines is 1. The summed E-state index contributed by atoms with van der Waals surface area (Å²) < 4.78 is 0. The average Bonchev–Trinajstić information content (AvgIpc) is 2.40. The molecule has 106 valence electrons. The van der Waals surface area contributed by atoms with Crippen LogP contribution in [0, 0.1) is 5.92 Å². The van der Waals surface area contributed by atoms with Crippen LogP contribution in [0.25, 0.3) is 0 Å². The average molecular weight is 262 g/mol. The van der Waals surface area contributed by atoms with E-state index in [0.717, 1.165) is 12.1 Å². The third-order valence-corrected chi connectivity index (χ3v) is 3.31. The van der Waals surface area contributed by atoms with Crippen LogP contribution < -0.4 is 11.1 Å². The van der Waals surface area contributed by atoms with E-state index in [1.165, 1.54) is 24.8 Å². The lowest BCUT2D eigenvalue weighted by atomic mass is 10.0. The summed E-state index contributed by atoms with van der Waals surface area (Å²) >= 11 is 0. The zero-order chi connectivity index (χ0) is 14.3. The van der Waals surface area contributed by atoms with E-state index in [-0.39, 0.29) is 11.8 Å². The number of nitrogens with two attached hydrogens (primary N) is 1. The summed E-state index contributed by atoms with van der Waals surface area (Å²) in [7, 11) is 0. The van der Waals surface area contributed by atoms with Gasteiger partial charge in [0, 0.05) is 5.69 Å². The molecule has 0 spiro atoms. The highest BCUT2D eigenvalue weighted by atomic mass is 16.2. The van der Waals surface area contributed by atoms with E-state index in [9.17, 15) is 4.79 Å². The smallest absolute Gasteiger partial charge is 0.241 e. The fourth-order valence-electron chi connectivity index (χ4n) is 1.86. The Morgan fingerprint density at radius 1 is 1.21 bits per heavy atom. The van der Waals surface area contributed by atoms with E-state index in [1.54, 1.807) is 0 Å². The van der Waals surface area contributed by atoms with Crippen LogP contribution in [0.1, 0.15) is 45.6 Å². The minimum absolute atomic E-state index is 0.117. The highest BCUT2D eigenvalue weighted by molar-refractivity contribution is 5.94. The van der Waals surface area contributed by atoms with E-state index >= 15 is 0 Å². The minimum atomic E-state index is -0.454. The third-order valence-electron chi connectivity index (χ3n) is 3.31. The van der Waals surface area contributed by atoms with Gasteiger partial charge in [0.05, 0.1) is 6.04 Å². The van der Waals surface area contributed by atoms with Gasteiger partial charge in [0.1, 0.15) is 0 Å². The van der Waals surface area contributed by atoms with Crippen molar-refractivity contribution < 1.29 is 4.79 Å². The maximum Gasteiger partial charge on any atom is 0.241 e. The molecule has 0 heterocycles. The van der Waals surface area contributed by atoms with Crippen molar-refractivity contribution in [2.45, 2.75) is 52.5 Å². The number of benzene rings is 1. The maximum absolute atomic E-state index is 11.8. The van der Waals surface area contributed by atoms with Crippen molar-refractivity contribution in [1.82, 2.24) is 0 Å².